The number of ketones is 1. The minimum Gasteiger partial charge on any atom is -0.339 e. The molecule has 128 valence electrons. The molecule has 1 saturated heterocycles. The third kappa shape index (κ3) is 3.47. The van der Waals surface area contributed by atoms with Gasteiger partial charge < -0.3 is 4.90 Å². The van der Waals surface area contributed by atoms with E-state index in [0.29, 0.717) is 24.3 Å². The van der Waals surface area contributed by atoms with Crippen LogP contribution in [0.15, 0.2) is 24.3 Å². The van der Waals surface area contributed by atoms with Crippen LogP contribution in [-0.4, -0.2) is 34.1 Å². The first-order valence-electron chi connectivity index (χ1n) is 8.62. The Labute approximate surface area is 141 Å². The van der Waals surface area contributed by atoms with Gasteiger partial charge in [-0.25, -0.2) is 0 Å². The first kappa shape index (κ1) is 16.6. The largest absolute Gasteiger partial charge is 0.339 e. The summed E-state index contributed by atoms with van der Waals surface area (Å²) >= 11 is 0. The number of benzene rings is 1. The fourth-order valence-corrected chi connectivity index (χ4v) is 3.99. The van der Waals surface area contributed by atoms with E-state index in [1.165, 1.54) is 12.1 Å². The lowest BCUT2D eigenvalue weighted by atomic mass is 9.81. The maximum atomic E-state index is 12.7. The molecule has 2 atom stereocenters. The van der Waals surface area contributed by atoms with Gasteiger partial charge in [-0.1, -0.05) is 18.6 Å². The molecule has 1 amide bonds. The molecular formula is C18H22N2O4. The number of rotatable bonds is 4. The van der Waals surface area contributed by atoms with Gasteiger partial charge in [0.05, 0.1) is 11.3 Å². The van der Waals surface area contributed by atoms with Gasteiger partial charge >= 0.3 is 0 Å². The Morgan fingerprint density at radius 1 is 1.25 bits per heavy atom. The highest BCUT2D eigenvalue weighted by molar-refractivity contribution is 5.84. The molecule has 1 aromatic carbocycles. The molecule has 0 aromatic heterocycles. The Morgan fingerprint density at radius 2 is 2.08 bits per heavy atom. The van der Waals surface area contributed by atoms with Gasteiger partial charge in [0.1, 0.15) is 5.78 Å². The maximum Gasteiger partial charge on any atom is 0.269 e. The van der Waals surface area contributed by atoms with Crippen LogP contribution in [0.1, 0.15) is 44.1 Å². The van der Waals surface area contributed by atoms with Crippen molar-refractivity contribution in [3.8, 4) is 0 Å². The summed E-state index contributed by atoms with van der Waals surface area (Å²) in [6.07, 6.45) is 5.49. The van der Waals surface area contributed by atoms with E-state index in [0.717, 1.165) is 32.1 Å². The van der Waals surface area contributed by atoms with Gasteiger partial charge in [-0.05, 0) is 31.2 Å². The number of non-ortho nitro benzene ring substituents is 1. The van der Waals surface area contributed by atoms with Crippen molar-refractivity contribution in [2.75, 3.05) is 6.54 Å². The number of nitrogens with zero attached hydrogens (tertiary/aromatic N) is 2. The van der Waals surface area contributed by atoms with Gasteiger partial charge in [0.25, 0.3) is 5.69 Å². The number of carbonyl (C=O) groups excluding carboxylic acids is 2. The van der Waals surface area contributed by atoms with Gasteiger partial charge in [-0.15, -0.1) is 0 Å². The van der Waals surface area contributed by atoms with Crippen molar-refractivity contribution in [1.29, 1.82) is 0 Å². The summed E-state index contributed by atoms with van der Waals surface area (Å²) in [4.78, 5) is 37.2. The molecule has 0 N–H and O–H groups in total. The molecule has 1 aliphatic heterocycles. The molecule has 6 nitrogen and oxygen atoms in total. The average molecular weight is 330 g/mol. The van der Waals surface area contributed by atoms with E-state index in [2.05, 4.69) is 0 Å². The summed E-state index contributed by atoms with van der Waals surface area (Å²) in [6, 6.07) is 6.24. The van der Waals surface area contributed by atoms with Crippen LogP contribution in [0.25, 0.3) is 0 Å². The number of hydrogen-bond acceptors (Lipinski definition) is 4. The van der Waals surface area contributed by atoms with E-state index in [-0.39, 0.29) is 30.0 Å². The molecule has 6 heteroatoms. The van der Waals surface area contributed by atoms with Gasteiger partial charge in [-0.3, -0.25) is 19.7 Å². The quantitative estimate of drug-likeness (QED) is 0.628. The third-order valence-electron chi connectivity index (χ3n) is 5.16. The number of carbonyl (C=O) groups is 2. The highest BCUT2D eigenvalue weighted by Gasteiger charge is 2.38. The summed E-state index contributed by atoms with van der Waals surface area (Å²) in [5.74, 6) is 0.243. The van der Waals surface area contributed by atoms with Gasteiger partial charge in [0.2, 0.25) is 5.91 Å². The predicted molar refractivity (Wildman–Crippen MR) is 88.5 cm³/mol. The molecule has 0 unspecified atom stereocenters. The van der Waals surface area contributed by atoms with Crippen LogP contribution in [0.4, 0.5) is 5.69 Å². The summed E-state index contributed by atoms with van der Waals surface area (Å²) in [6.45, 7) is 0.683. The van der Waals surface area contributed by atoms with Crippen molar-refractivity contribution < 1.29 is 14.5 Å². The van der Waals surface area contributed by atoms with Crippen LogP contribution in [0.5, 0.6) is 0 Å². The summed E-state index contributed by atoms with van der Waals surface area (Å²) in [7, 11) is 0. The summed E-state index contributed by atoms with van der Waals surface area (Å²) in [5.41, 5.74) is 0.649. The Balaban J connectivity index is 1.70. The predicted octanol–water partition coefficient (Wildman–Crippen LogP) is 2.89. The zero-order chi connectivity index (χ0) is 17.1. The minimum absolute atomic E-state index is 0.000676. The number of likely N-dealkylation sites (tertiary alicyclic amines) is 1. The lowest BCUT2D eigenvalue weighted by molar-refractivity contribution is -0.384. The minimum atomic E-state index is -0.451. The topological polar surface area (TPSA) is 80.5 Å². The van der Waals surface area contributed by atoms with E-state index >= 15 is 0 Å². The monoisotopic (exact) mass is 330 g/mol. The van der Waals surface area contributed by atoms with E-state index in [1.807, 2.05) is 4.90 Å². The second-order valence-corrected chi connectivity index (χ2v) is 6.72. The van der Waals surface area contributed by atoms with Crippen molar-refractivity contribution in [3.05, 3.63) is 39.9 Å². The fraction of sp³-hybridized carbons (Fsp3) is 0.556. The van der Waals surface area contributed by atoms with Crippen LogP contribution in [0.3, 0.4) is 0 Å². The second kappa shape index (κ2) is 7.11. The van der Waals surface area contributed by atoms with E-state index in [4.69, 9.17) is 0 Å². The zero-order valence-electron chi connectivity index (χ0n) is 13.6. The van der Waals surface area contributed by atoms with Crippen LogP contribution in [-0.2, 0) is 16.0 Å². The molecule has 1 heterocycles. The Bertz CT molecular complexity index is 658. The van der Waals surface area contributed by atoms with Gasteiger partial charge in [0.15, 0.2) is 0 Å². The summed E-state index contributed by atoms with van der Waals surface area (Å²) < 4.78 is 0. The fourth-order valence-electron chi connectivity index (χ4n) is 3.99. The van der Waals surface area contributed by atoms with Crippen molar-refractivity contribution in [2.45, 2.75) is 51.0 Å². The van der Waals surface area contributed by atoms with E-state index < -0.39 is 4.92 Å². The SMILES string of the molecule is O=C1CCCC[C@H]1[C@H]1CCCN1C(=O)Cc1cccc([N+](=O)[O-])c1. The third-order valence-corrected chi connectivity index (χ3v) is 5.16. The molecule has 0 radical (unpaired) electrons. The van der Waals surface area contributed by atoms with Crippen molar-refractivity contribution >= 4 is 17.4 Å². The lowest BCUT2D eigenvalue weighted by Crippen LogP contribution is -2.44. The van der Waals surface area contributed by atoms with Crippen molar-refractivity contribution in [1.82, 2.24) is 4.90 Å². The average Bonchev–Trinajstić information content (AvgIpc) is 3.05. The van der Waals surface area contributed by atoms with E-state index in [1.54, 1.807) is 12.1 Å². The molecule has 0 spiro atoms. The molecule has 2 aliphatic rings. The van der Waals surface area contributed by atoms with Crippen LogP contribution in [0, 0.1) is 16.0 Å². The maximum absolute atomic E-state index is 12.7. The highest BCUT2D eigenvalue weighted by Crippen LogP contribution is 2.32. The number of hydrogen-bond donors (Lipinski definition) is 0. The first-order chi connectivity index (χ1) is 11.6. The molecule has 1 aliphatic carbocycles. The Hall–Kier alpha value is -2.24. The van der Waals surface area contributed by atoms with Crippen LogP contribution in [0.2, 0.25) is 0 Å². The smallest absolute Gasteiger partial charge is 0.269 e. The molecule has 2 fully saturated rings. The van der Waals surface area contributed by atoms with E-state index in [9.17, 15) is 19.7 Å². The van der Waals surface area contributed by atoms with Crippen LogP contribution >= 0.6 is 0 Å². The van der Waals surface area contributed by atoms with Crippen molar-refractivity contribution in [2.24, 2.45) is 5.92 Å². The highest BCUT2D eigenvalue weighted by atomic mass is 16.6. The molecule has 1 saturated carbocycles. The number of amides is 1. The molecule has 1 aromatic rings. The number of nitro benzene ring substituents is 1. The molecule has 0 bridgehead atoms. The molecular weight excluding hydrogens is 308 g/mol. The Kier molecular flexibility index (Phi) is 4.92. The summed E-state index contributed by atoms with van der Waals surface area (Å²) in [5, 5.41) is 10.9. The van der Waals surface area contributed by atoms with Gasteiger partial charge in [-0.2, -0.15) is 0 Å². The second-order valence-electron chi connectivity index (χ2n) is 6.72. The number of Topliss-reactive ketones (excluding diaryl/α,β-unsaturated/α-hetero) is 1. The number of nitro groups is 1. The standard InChI is InChI=1S/C18H22N2O4/c21-17-9-2-1-7-15(17)16-8-4-10-19(16)18(22)12-13-5-3-6-14(11-13)20(23)24/h3,5-6,11,15-16H,1-2,4,7-10,12H2/t15-,16+/m0/s1. The van der Waals surface area contributed by atoms with Gasteiger partial charge in [0, 0.05) is 37.1 Å². The van der Waals surface area contributed by atoms with Crippen molar-refractivity contribution in [3.63, 3.8) is 0 Å². The first-order valence-corrected chi connectivity index (χ1v) is 8.62. The normalized spacial score (nSPS) is 24.2. The lowest BCUT2D eigenvalue weighted by Gasteiger charge is -2.33. The zero-order valence-corrected chi connectivity index (χ0v) is 13.6. The Morgan fingerprint density at radius 3 is 2.83 bits per heavy atom. The molecule has 3 rings (SSSR count). The molecule has 24 heavy (non-hydrogen) atoms. The van der Waals surface area contributed by atoms with Crippen LogP contribution < -0.4 is 0 Å².